The maximum atomic E-state index is 8.67. The van der Waals surface area contributed by atoms with Gasteiger partial charge in [-0.1, -0.05) is 19.3 Å². The molecule has 6 heteroatoms. The number of halogens is 1. The molecule has 0 fully saturated rings. The third-order valence-electron chi connectivity index (χ3n) is 2.24. The van der Waals surface area contributed by atoms with Gasteiger partial charge in [0.05, 0.1) is 27.7 Å². The molecular formula is C12H28ClN2O3-. The molecule has 112 valence electrons. The number of primary amides is 1. The van der Waals surface area contributed by atoms with Crippen molar-refractivity contribution in [1.82, 2.24) is 0 Å². The zero-order valence-corrected chi connectivity index (χ0v) is 12.6. The number of quaternary nitrogens is 1. The Hall–Kier alpha value is -0.520. The average Bonchev–Trinajstić information content (AvgIpc) is 2.14. The van der Waals surface area contributed by atoms with Crippen LogP contribution in [0.1, 0.15) is 38.5 Å². The van der Waals surface area contributed by atoms with Gasteiger partial charge < -0.3 is 37.6 Å². The topological polar surface area (TPSA) is 86.4 Å². The van der Waals surface area contributed by atoms with Gasteiger partial charge >= 0.3 is 0 Å². The Morgan fingerprint density at radius 3 is 1.72 bits per heavy atom. The Morgan fingerprint density at radius 1 is 1.06 bits per heavy atom. The van der Waals surface area contributed by atoms with E-state index in [9.17, 15) is 0 Å². The number of rotatable bonds is 8. The lowest BCUT2D eigenvalue weighted by molar-refractivity contribution is -0.870. The lowest BCUT2D eigenvalue weighted by Crippen LogP contribution is -3.00. The van der Waals surface area contributed by atoms with Crippen molar-refractivity contribution >= 4 is 6.09 Å². The zero-order chi connectivity index (χ0) is 13.7. The summed E-state index contributed by atoms with van der Waals surface area (Å²) < 4.78 is 1.08. The van der Waals surface area contributed by atoms with E-state index >= 15 is 0 Å². The molecule has 0 saturated carbocycles. The first-order valence-corrected chi connectivity index (χ1v) is 6.17. The first-order valence-electron chi connectivity index (χ1n) is 6.17. The second kappa shape index (κ2) is 14.5. The van der Waals surface area contributed by atoms with Gasteiger partial charge in [-0.25, -0.2) is 0 Å². The molecule has 3 N–H and O–H groups in total. The van der Waals surface area contributed by atoms with Crippen LogP contribution in [0, 0.1) is 0 Å². The van der Waals surface area contributed by atoms with E-state index in [1.165, 1.54) is 38.6 Å². The third kappa shape index (κ3) is 36.1. The Labute approximate surface area is 117 Å². The molecule has 0 spiro atoms. The molecule has 0 bridgehead atoms. The van der Waals surface area contributed by atoms with Gasteiger partial charge in [0.15, 0.2) is 0 Å². The second-order valence-corrected chi connectivity index (χ2v) is 5.18. The maximum absolute atomic E-state index is 8.67. The molecule has 0 aromatic carbocycles. The number of hydrogen-bond donors (Lipinski definition) is 2. The molecule has 1 amide bonds. The number of aliphatic hydroxyl groups is 1. The lowest BCUT2D eigenvalue weighted by atomic mass is 10.1. The number of amides is 1. The molecule has 0 saturated heterocycles. The van der Waals surface area contributed by atoms with Crippen LogP contribution in [-0.2, 0) is 0 Å². The summed E-state index contributed by atoms with van der Waals surface area (Å²) in [4.78, 5) is 8.67. The van der Waals surface area contributed by atoms with Crippen molar-refractivity contribution in [3.8, 4) is 0 Å². The number of unbranched alkanes of at least 4 members (excludes halogenated alkanes) is 5. The third-order valence-corrected chi connectivity index (χ3v) is 2.24. The number of nitrogens with zero attached hydrogens (tertiary/aromatic N) is 1. The van der Waals surface area contributed by atoms with Crippen molar-refractivity contribution in [3.63, 3.8) is 0 Å². The molecule has 5 nitrogen and oxygen atoms in total. The van der Waals surface area contributed by atoms with Crippen LogP contribution in [0.3, 0.4) is 0 Å². The summed E-state index contributed by atoms with van der Waals surface area (Å²) in [5.74, 6) is 0. The second-order valence-electron chi connectivity index (χ2n) is 5.18. The van der Waals surface area contributed by atoms with Gasteiger partial charge in [-0.3, -0.25) is 0 Å². The molecule has 0 aliphatic rings. The number of carbonyl (C=O) groups is 1. The SMILES string of the molecule is C[N+](C)(C)CCCCCCCCO.NC(=O)[O-].[Cl-]. The molecule has 0 aliphatic heterocycles. The number of hydrogen-bond acceptors (Lipinski definition) is 3. The van der Waals surface area contributed by atoms with Gasteiger partial charge in [0.25, 0.3) is 0 Å². The van der Waals surface area contributed by atoms with Crippen LogP contribution in [0.4, 0.5) is 4.79 Å². The van der Waals surface area contributed by atoms with Gasteiger partial charge in [0.1, 0.15) is 6.09 Å². The Morgan fingerprint density at radius 2 is 1.39 bits per heavy atom. The fourth-order valence-electron chi connectivity index (χ4n) is 1.41. The fraction of sp³-hybridized carbons (Fsp3) is 0.917. The van der Waals surface area contributed by atoms with Crippen molar-refractivity contribution in [3.05, 3.63) is 0 Å². The number of nitrogens with two attached hydrogens (primary N) is 1. The van der Waals surface area contributed by atoms with Crippen molar-refractivity contribution in [2.24, 2.45) is 5.73 Å². The molecule has 0 rings (SSSR count). The van der Waals surface area contributed by atoms with E-state index in [-0.39, 0.29) is 12.4 Å². The molecule has 0 heterocycles. The minimum Gasteiger partial charge on any atom is -1.00 e. The van der Waals surface area contributed by atoms with Crippen LogP contribution in [0.2, 0.25) is 0 Å². The van der Waals surface area contributed by atoms with E-state index in [1.807, 2.05) is 0 Å². The number of carbonyl (C=O) groups excluding carboxylic acids is 1. The minimum absolute atomic E-state index is 0. The molecule has 18 heavy (non-hydrogen) atoms. The van der Waals surface area contributed by atoms with Gasteiger partial charge in [0, 0.05) is 6.61 Å². The van der Waals surface area contributed by atoms with Crippen LogP contribution in [-0.4, -0.2) is 50.0 Å². The summed E-state index contributed by atoms with van der Waals surface area (Å²) in [6.07, 6.45) is 5.90. The minimum atomic E-state index is -1.58. The van der Waals surface area contributed by atoms with E-state index in [0.717, 1.165) is 10.9 Å². The van der Waals surface area contributed by atoms with Crippen molar-refractivity contribution in [2.45, 2.75) is 38.5 Å². The van der Waals surface area contributed by atoms with Crippen LogP contribution < -0.4 is 23.2 Å². The largest absolute Gasteiger partial charge is 1.00 e. The summed E-state index contributed by atoms with van der Waals surface area (Å²) >= 11 is 0. The summed E-state index contributed by atoms with van der Waals surface area (Å²) in [6, 6.07) is 0. The van der Waals surface area contributed by atoms with Crippen LogP contribution >= 0.6 is 0 Å². The fourth-order valence-corrected chi connectivity index (χ4v) is 1.41. The van der Waals surface area contributed by atoms with Crippen molar-refractivity contribution < 1.29 is 31.9 Å². The molecule has 0 atom stereocenters. The molecule has 0 aromatic rings. The average molecular weight is 284 g/mol. The van der Waals surface area contributed by atoms with E-state index < -0.39 is 6.09 Å². The zero-order valence-electron chi connectivity index (χ0n) is 11.8. The highest BCUT2D eigenvalue weighted by atomic mass is 35.5. The smallest absolute Gasteiger partial charge is 0.131 e. The van der Waals surface area contributed by atoms with Gasteiger partial charge in [0.2, 0.25) is 0 Å². The number of carboxylic acid groups (broad SMARTS) is 1. The molecular weight excluding hydrogens is 256 g/mol. The monoisotopic (exact) mass is 283 g/mol. The summed E-state index contributed by atoms with van der Waals surface area (Å²) in [6.45, 7) is 1.64. The van der Waals surface area contributed by atoms with Crippen LogP contribution in [0.15, 0.2) is 0 Å². The van der Waals surface area contributed by atoms with Gasteiger partial charge in [-0.05, 0) is 19.3 Å². The highest BCUT2D eigenvalue weighted by Crippen LogP contribution is 2.06. The van der Waals surface area contributed by atoms with Crippen LogP contribution in [0.5, 0.6) is 0 Å². The standard InChI is InChI=1S/C11H26NO.CH3NO2.ClH/c1-12(2,3)10-8-6-4-5-7-9-11-13;2-1(3)4;/h13H,4-11H2,1-3H3;2H2,(H,3,4);1H/q+1;;/p-2. The predicted octanol–water partition coefficient (Wildman–Crippen LogP) is -2.68. The first kappa shape index (κ1) is 22.6. The van der Waals surface area contributed by atoms with Crippen LogP contribution in [0.25, 0.3) is 0 Å². The first-order chi connectivity index (χ1) is 7.79. The van der Waals surface area contributed by atoms with E-state index in [4.69, 9.17) is 15.0 Å². The lowest BCUT2D eigenvalue weighted by Gasteiger charge is -2.23. The molecule has 0 aliphatic carbocycles. The summed E-state index contributed by atoms with van der Waals surface area (Å²) in [5, 5.41) is 17.2. The predicted molar refractivity (Wildman–Crippen MR) is 67.3 cm³/mol. The Balaban J connectivity index is -0.000000392. The summed E-state index contributed by atoms with van der Waals surface area (Å²) in [7, 11) is 6.73. The maximum Gasteiger partial charge on any atom is 0.131 e. The highest BCUT2D eigenvalue weighted by Gasteiger charge is 2.04. The quantitative estimate of drug-likeness (QED) is 0.376. The van der Waals surface area contributed by atoms with Gasteiger partial charge in [-0.15, -0.1) is 0 Å². The van der Waals surface area contributed by atoms with Crippen molar-refractivity contribution in [2.75, 3.05) is 34.3 Å². The van der Waals surface area contributed by atoms with Crippen molar-refractivity contribution in [1.29, 1.82) is 0 Å². The molecule has 0 aromatic heterocycles. The molecule has 0 radical (unpaired) electrons. The van der Waals surface area contributed by atoms with E-state index in [0.29, 0.717) is 6.61 Å². The number of aliphatic hydroxyl groups excluding tert-OH is 1. The highest BCUT2D eigenvalue weighted by molar-refractivity contribution is 5.58. The Bertz CT molecular complexity index is 181. The summed E-state index contributed by atoms with van der Waals surface area (Å²) in [5.41, 5.74) is 3.92. The van der Waals surface area contributed by atoms with E-state index in [2.05, 4.69) is 26.9 Å². The van der Waals surface area contributed by atoms with Gasteiger partial charge in [-0.2, -0.15) is 0 Å². The van der Waals surface area contributed by atoms with E-state index in [1.54, 1.807) is 0 Å². The Kier molecular flexibility index (Phi) is 18.3. The molecule has 0 unspecified atom stereocenters. The normalized spacial score (nSPS) is 10.0.